The molecule has 16 heavy (non-hydrogen) atoms. The van der Waals surface area contributed by atoms with Crippen LogP contribution >= 0.6 is 0 Å². The fourth-order valence-electron chi connectivity index (χ4n) is 2.91. The first-order valence-electron chi connectivity index (χ1n) is 6.27. The molecule has 0 radical (unpaired) electrons. The largest absolute Gasteiger partial charge is 0.480 e. The molecule has 2 aliphatic rings. The third-order valence-electron chi connectivity index (χ3n) is 4.41. The Balaban J connectivity index is 1.98. The van der Waals surface area contributed by atoms with Gasteiger partial charge in [-0.15, -0.1) is 0 Å². The van der Waals surface area contributed by atoms with Crippen molar-refractivity contribution in [3.63, 3.8) is 0 Å². The second-order valence-electron chi connectivity index (χ2n) is 5.46. The monoisotopic (exact) mass is 226 g/mol. The molecular weight excluding hydrogens is 204 g/mol. The summed E-state index contributed by atoms with van der Waals surface area (Å²) in [6.45, 7) is 0. The van der Waals surface area contributed by atoms with Crippen LogP contribution in [0.4, 0.5) is 0 Å². The molecule has 0 spiro atoms. The number of nitrogens with two attached hydrogens (primary N) is 1. The van der Waals surface area contributed by atoms with Gasteiger partial charge in [0.05, 0.1) is 0 Å². The lowest BCUT2D eigenvalue weighted by molar-refractivity contribution is -0.145. The number of carboxylic acid groups (broad SMARTS) is 1. The smallest absolute Gasteiger partial charge is 0.323 e. The summed E-state index contributed by atoms with van der Waals surface area (Å²) in [5.41, 5.74) is 4.98. The van der Waals surface area contributed by atoms with Crippen LogP contribution in [0.25, 0.3) is 0 Å². The van der Waals surface area contributed by atoms with E-state index in [1.54, 1.807) is 0 Å². The second kappa shape index (κ2) is 4.34. The van der Waals surface area contributed by atoms with Crippen LogP contribution in [0.1, 0.15) is 44.9 Å². The zero-order valence-electron chi connectivity index (χ0n) is 9.98. The highest BCUT2D eigenvalue weighted by Crippen LogP contribution is 2.33. The van der Waals surface area contributed by atoms with E-state index in [-0.39, 0.29) is 0 Å². The molecular formula is C12H22N2O2. The van der Waals surface area contributed by atoms with Gasteiger partial charge in [0.1, 0.15) is 5.54 Å². The van der Waals surface area contributed by atoms with Crippen LogP contribution in [-0.2, 0) is 4.79 Å². The van der Waals surface area contributed by atoms with Crippen LogP contribution in [0.15, 0.2) is 0 Å². The summed E-state index contributed by atoms with van der Waals surface area (Å²) in [6.07, 6.45) is 7.10. The van der Waals surface area contributed by atoms with Crippen molar-refractivity contribution in [2.75, 3.05) is 7.05 Å². The molecule has 0 aliphatic heterocycles. The first-order chi connectivity index (χ1) is 7.53. The van der Waals surface area contributed by atoms with Crippen molar-refractivity contribution in [2.45, 2.75) is 62.6 Å². The predicted molar refractivity (Wildman–Crippen MR) is 62.2 cm³/mol. The van der Waals surface area contributed by atoms with E-state index in [2.05, 4.69) is 11.9 Å². The molecule has 0 aromatic rings. The van der Waals surface area contributed by atoms with Crippen LogP contribution in [0, 0.1) is 0 Å². The van der Waals surface area contributed by atoms with Crippen molar-refractivity contribution < 1.29 is 9.90 Å². The first kappa shape index (κ1) is 11.9. The summed E-state index contributed by atoms with van der Waals surface area (Å²) in [6, 6.07) is 1.03. The van der Waals surface area contributed by atoms with Crippen LogP contribution < -0.4 is 5.73 Å². The molecule has 92 valence electrons. The van der Waals surface area contributed by atoms with Crippen molar-refractivity contribution >= 4 is 5.97 Å². The molecule has 4 nitrogen and oxygen atoms in total. The summed E-state index contributed by atoms with van der Waals surface area (Å²) in [5.74, 6) is -0.834. The third kappa shape index (κ3) is 2.09. The number of carbonyl (C=O) groups is 1. The highest BCUT2D eigenvalue weighted by molar-refractivity contribution is 5.78. The SMILES string of the molecule is CN(C1CCC1)C1CCCC(N)(C(=O)O)C1. The molecule has 0 amide bonds. The van der Waals surface area contributed by atoms with Gasteiger partial charge >= 0.3 is 5.97 Å². The Kier molecular flexibility index (Phi) is 3.22. The van der Waals surface area contributed by atoms with E-state index in [1.807, 2.05) is 0 Å². The maximum atomic E-state index is 11.2. The normalized spacial score (nSPS) is 36.1. The van der Waals surface area contributed by atoms with E-state index >= 15 is 0 Å². The molecule has 0 heterocycles. The summed E-state index contributed by atoms with van der Waals surface area (Å²) in [7, 11) is 2.13. The molecule has 2 saturated carbocycles. The van der Waals surface area contributed by atoms with E-state index in [4.69, 9.17) is 10.8 Å². The summed E-state index contributed by atoms with van der Waals surface area (Å²) in [5, 5.41) is 9.16. The quantitative estimate of drug-likeness (QED) is 0.758. The lowest BCUT2D eigenvalue weighted by Crippen LogP contribution is -2.57. The van der Waals surface area contributed by atoms with Gasteiger partial charge in [-0.3, -0.25) is 4.79 Å². The van der Waals surface area contributed by atoms with Crippen molar-refractivity contribution in [1.29, 1.82) is 0 Å². The minimum Gasteiger partial charge on any atom is -0.480 e. The van der Waals surface area contributed by atoms with Gasteiger partial charge in [0.2, 0.25) is 0 Å². The standard InChI is InChI=1S/C12H22N2O2/c1-14(9-4-2-5-9)10-6-3-7-12(13,8-10)11(15)16/h9-10H,2-8,13H2,1H3,(H,15,16). The molecule has 4 heteroatoms. The van der Waals surface area contributed by atoms with E-state index < -0.39 is 11.5 Å². The Hall–Kier alpha value is -0.610. The third-order valence-corrected chi connectivity index (χ3v) is 4.41. The molecule has 2 fully saturated rings. The van der Waals surface area contributed by atoms with Crippen LogP contribution in [0.2, 0.25) is 0 Å². The predicted octanol–water partition coefficient (Wildman–Crippen LogP) is 1.20. The molecule has 0 saturated heterocycles. The summed E-state index contributed by atoms with van der Waals surface area (Å²) < 4.78 is 0. The Morgan fingerprint density at radius 3 is 2.44 bits per heavy atom. The maximum absolute atomic E-state index is 11.2. The fourth-order valence-corrected chi connectivity index (χ4v) is 2.91. The van der Waals surface area contributed by atoms with E-state index in [0.29, 0.717) is 24.9 Å². The van der Waals surface area contributed by atoms with Gasteiger partial charge in [-0.05, 0) is 45.6 Å². The van der Waals surface area contributed by atoms with Crippen LogP contribution in [0.3, 0.4) is 0 Å². The Bertz CT molecular complexity index is 278. The number of hydrogen-bond acceptors (Lipinski definition) is 3. The number of nitrogens with zero attached hydrogens (tertiary/aromatic N) is 1. The van der Waals surface area contributed by atoms with Crippen LogP contribution in [0.5, 0.6) is 0 Å². The molecule has 0 aromatic heterocycles. The Labute approximate surface area is 96.8 Å². The minimum absolute atomic E-state index is 0.361. The number of carboxylic acids is 1. The number of hydrogen-bond donors (Lipinski definition) is 2. The molecule has 0 bridgehead atoms. The molecule has 2 aliphatic carbocycles. The zero-order chi connectivity index (χ0) is 11.8. The van der Waals surface area contributed by atoms with Crippen molar-refractivity contribution in [3.05, 3.63) is 0 Å². The number of aliphatic carboxylic acids is 1. The van der Waals surface area contributed by atoms with Crippen molar-refractivity contribution in [1.82, 2.24) is 4.90 Å². The zero-order valence-corrected chi connectivity index (χ0v) is 9.98. The fraction of sp³-hybridized carbons (Fsp3) is 0.917. The average Bonchev–Trinajstić information content (AvgIpc) is 2.15. The van der Waals surface area contributed by atoms with Gasteiger partial charge in [-0.1, -0.05) is 6.42 Å². The van der Waals surface area contributed by atoms with Crippen molar-refractivity contribution in [3.8, 4) is 0 Å². The van der Waals surface area contributed by atoms with Gasteiger partial charge in [0.15, 0.2) is 0 Å². The lowest BCUT2D eigenvalue weighted by atomic mass is 9.78. The van der Waals surface area contributed by atoms with E-state index in [0.717, 1.165) is 12.8 Å². The topological polar surface area (TPSA) is 66.6 Å². The number of rotatable bonds is 3. The van der Waals surface area contributed by atoms with Gasteiger partial charge in [0, 0.05) is 12.1 Å². The second-order valence-corrected chi connectivity index (χ2v) is 5.46. The summed E-state index contributed by atoms with van der Waals surface area (Å²) in [4.78, 5) is 13.5. The minimum atomic E-state index is -0.985. The van der Waals surface area contributed by atoms with Crippen molar-refractivity contribution in [2.24, 2.45) is 5.73 Å². The molecule has 2 unspecified atom stereocenters. The first-order valence-corrected chi connectivity index (χ1v) is 6.27. The van der Waals surface area contributed by atoms with E-state index in [1.165, 1.54) is 19.3 Å². The highest BCUT2D eigenvalue weighted by Gasteiger charge is 2.41. The van der Waals surface area contributed by atoms with Gasteiger partial charge < -0.3 is 15.7 Å². The maximum Gasteiger partial charge on any atom is 0.323 e. The average molecular weight is 226 g/mol. The Morgan fingerprint density at radius 1 is 1.31 bits per heavy atom. The molecule has 3 N–H and O–H groups in total. The van der Waals surface area contributed by atoms with Gasteiger partial charge in [0.25, 0.3) is 0 Å². The van der Waals surface area contributed by atoms with Gasteiger partial charge in [-0.2, -0.15) is 0 Å². The highest BCUT2D eigenvalue weighted by atomic mass is 16.4. The van der Waals surface area contributed by atoms with E-state index in [9.17, 15) is 4.79 Å². The Morgan fingerprint density at radius 2 is 1.94 bits per heavy atom. The van der Waals surface area contributed by atoms with Gasteiger partial charge in [-0.25, -0.2) is 0 Å². The molecule has 2 atom stereocenters. The van der Waals surface area contributed by atoms with Crippen LogP contribution in [-0.4, -0.2) is 40.6 Å². The summed E-state index contributed by atoms with van der Waals surface area (Å²) >= 11 is 0. The molecule has 0 aromatic carbocycles. The lowest BCUT2D eigenvalue weighted by Gasteiger charge is -2.45. The molecule has 2 rings (SSSR count).